The van der Waals surface area contributed by atoms with Crippen LogP contribution < -0.4 is 5.73 Å². The molecule has 0 spiro atoms. The Hall–Kier alpha value is -1.94. The summed E-state index contributed by atoms with van der Waals surface area (Å²) in [6.45, 7) is 2.84. The van der Waals surface area contributed by atoms with E-state index >= 15 is 0 Å². The Kier molecular flexibility index (Phi) is 2.52. The number of aromatic nitrogens is 2. The van der Waals surface area contributed by atoms with Crippen molar-refractivity contribution >= 4 is 28.3 Å². The van der Waals surface area contributed by atoms with Gasteiger partial charge in [0.05, 0.1) is 11.0 Å². The molecule has 3 rings (SSSR count). The maximum absolute atomic E-state index is 5.81. The number of anilines is 1. The molecule has 1 aromatic carbocycles. The van der Waals surface area contributed by atoms with E-state index in [1.807, 2.05) is 24.3 Å². The molecule has 0 aliphatic carbocycles. The summed E-state index contributed by atoms with van der Waals surface area (Å²) in [7, 11) is 0. The molecule has 0 unspecified atom stereocenters. The van der Waals surface area contributed by atoms with Gasteiger partial charge in [-0.1, -0.05) is 0 Å². The quantitative estimate of drug-likeness (QED) is 0.718. The molecule has 4 nitrogen and oxygen atoms in total. The molecule has 3 aromatic rings. The number of benzene rings is 1. The lowest BCUT2D eigenvalue weighted by Gasteiger charge is -2.03. The number of nitrogen functional groups attached to an aromatic ring is 1. The highest BCUT2D eigenvalue weighted by Crippen LogP contribution is 2.28. The maximum Gasteiger partial charge on any atom is 0.194 e. The average molecular weight is 262 g/mol. The molecule has 92 valence electrons. The molecular weight excluding hydrogens is 250 g/mol. The summed E-state index contributed by atoms with van der Waals surface area (Å²) in [5, 5.41) is 0.360. The monoisotopic (exact) mass is 261 g/mol. The van der Waals surface area contributed by atoms with Crippen molar-refractivity contribution in [3.05, 3.63) is 35.6 Å². The fraction of sp³-hybridized carbons (Fsp3) is 0.154. The van der Waals surface area contributed by atoms with Crippen molar-refractivity contribution in [3.8, 4) is 11.6 Å². The second kappa shape index (κ2) is 4.07. The molecule has 0 amide bonds. The number of nitrogens with zero attached hydrogens (tertiary/aromatic N) is 2. The van der Waals surface area contributed by atoms with Gasteiger partial charge in [-0.25, -0.2) is 4.98 Å². The van der Waals surface area contributed by atoms with Crippen molar-refractivity contribution in [2.45, 2.75) is 13.5 Å². The molecule has 2 N–H and O–H groups in total. The number of hydrogen-bond donors (Lipinski definition) is 1. The molecular formula is C13H12ClN3O. The Morgan fingerprint density at radius 2 is 2.17 bits per heavy atom. The smallest absolute Gasteiger partial charge is 0.194 e. The first-order valence-electron chi connectivity index (χ1n) is 5.70. The van der Waals surface area contributed by atoms with Gasteiger partial charge in [-0.2, -0.15) is 0 Å². The van der Waals surface area contributed by atoms with Gasteiger partial charge in [-0.3, -0.25) is 0 Å². The lowest BCUT2D eigenvalue weighted by Crippen LogP contribution is -1.97. The molecule has 0 aliphatic rings. The maximum atomic E-state index is 5.81. The van der Waals surface area contributed by atoms with Gasteiger partial charge in [0.25, 0.3) is 0 Å². The molecule has 18 heavy (non-hydrogen) atoms. The van der Waals surface area contributed by atoms with Crippen LogP contribution in [0.3, 0.4) is 0 Å². The normalized spacial score (nSPS) is 11.2. The third-order valence-electron chi connectivity index (χ3n) is 2.88. The van der Waals surface area contributed by atoms with E-state index in [9.17, 15) is 0 Å². The lowest BCUT2D eigenvalue weighted by atomic mass is 10.3. The van der Waals surface area contributed by atoms with Crippen molar-refractivity contribution < 1.29 is 4.42 Å². The topological polar surface area (TPSA) is 57.0 Å². The Morgan fingerprint density at radius 3 is 2.83 bits per heavy atom. The summed E-state index contributed by atoms with van der Waals surface area (Å²) >= 11 is 5.81. The van der Waals surface area contributed by atoms with Crippen molar-refractivity contribution in [1.29, 1.82) is 0 Å². The fourth-order valence-corrected chi connectivity index (χ4v) is 2.23. The zero-order chi connectivity index (χ0) is 12.7. The van der Waals surface area contributed by atoms with Crippen molar-refractivity contribution in [1.82, 2.24) is 9.55 Å². The fourth-order valence-electron chi connectivity index (χ4n) is 2.08. The van der Waals surface area contributed by atoms with E-state index in [-0.39, 0.29) is 0 Å². The number of halogens is 1. The zero-order valence-corrected chi connectivity index (χ0v) is 10.6. The predicted molar refractivity (Wildman–Crippen MR) is 72.5 cm³/mol. The van der Waals surface area contributed by atoms with Crippen LogP contribution in [0.25, 0.3) is 22.6 Å². The molecule has 0 saturated carbocycles. The minimum absolute atomic E-state index is 0.360. The van der Waals surface area contributed by atoms with Crippen LogP contribution in [-0.4, -0.2) is 9.55 Å². The van der Waals surface area contributed by atoms with Gasteiger partial charge in [-0.05, 0) is 48.9 Å². The van der Waals surface area contributed by atoms with Gasteiger partial charge in [0.1, 0.15) is 0 Å². The van der Waals surface area contributed by atoms with Gasteiger partial charge in [0.2, 0.25) is 0 Å². The molecule has 0 atom stereocenters. The van der Waals surface area contributed by atoms with Crippen LogP contribution >= 0.6 is 11.6 Å². The van der Waals surface area contributed by atoms with Gasteiger partial charge in [-0.15, -0.1) is 0 Å². The zero-order valence-electron chi connectivity index (χ0n) is 9.85. The summed E-state index contributed by atoms with van der Waals surface area (Å²) in [6.07, 6.45) is 0. The van der Waals surface area contributed by atoms with Crippen molar-refractivity contribution in [2.24, 2.45) is 0 Å². The van der Waals surface area contributed by atoms with E-state index in [1.165, 1.54) is 0 Å². The SMILES string of the molecule is CCn1c(-c2ccc(Cl)o2)nc2ccc(N)cc21. The van der Waals surface area contributed by atoms with E-state index in [2.05, 4.69) is 16.5 Å². The van der Waals surface area contributed by atoms with E-state index < -0.39 is 0 Å². The molecule has 5 heteroatoms. The lowest BCUT2D eigenvalue weighted by molar-refractivity contribution is 0.573. The second-order valence-electron chi connectivity index (χ2n) is 4.03. The summed E-state index contributed by atoms with van der Waals surface area (Å²) < 4.78 is 7.48. The second-order valence-corrected chi connectivity index (χ2v) is 4.40. The number of rotatable bonds is 2. The van der Waals surface area contributed by atoms with Gasteiger partial charge in [0, 0.05) is 12.2 Å². The van der Waals surface area contributed by atoms with Crippen LogP contribution in [0.1, 0.15) is 6.92 Å². The Labute approximate surface area is 109 Å². The predicted octanol–water partition coefficient (Wildman–Crippen LogP) is 3.55. The van der Waals surface area contributed by atoms with Crippen LogP contribution in [0.4, 0.5) is 5.69 Å². The van der Waals surface area contributed by atoms with E-state index in [1.54, 1.807) is 6.07 Å². The minimum Gasteiger partial charge on any atom is -0.441 e. The standard InChI is InChI=1S/C13H12ClN3O/c1-2-17-10-7-8(15)3-4-9(10)16-13(17)11-5-6-12(14)18-11/h3-7H,2,15H2,1H3. The highest BCUT2D eigenvalue weighted by Gasteiger charge is 2.14. The van der Waals surface area contributed by atoms with Crippen molar-refractivity contribution in [2.75, 3.05) is 5.73 Å². The third kappa shape index (κ3) is 1.66. The first-order chi connectivity index (χ1) is 8.69. The molecule has 0 fully saturated rings. The van der Waals surface area contributed by atoms with E-state index in [4.69, 9.17) is 21.8 Å². The molecule has 0 aliphatic heterocycles. The summed E-state index contributed by atoms with van der Waals surface area (Å²) in [6, 6.07) is 9.20. The Morgan fingerprint density at radius 1 is 1.33 bits per heavy atom. The highest BCUT2D eigenvalue weighted by atomic mass is 35.5. The van der Waals surface area contributed by atoms with Crippen LogP contribution in [0, 0.1) is 0 Å². The van der Waals surface area contributed by atoms with Gasteiger partial charge >= 0.3 is 0 Å². The minimum atomic E-state index is 0.360. The summed E-state index contributed by atoms with van der Waals surface area (Å²) in [5.74, 6) is 1.43. The number of hydrogen-bond acceptors (Lipinski definition) is 3. The molecule has 2 heterocycles. The summed E-state index contributed by atoms with van der Waals surface area (Å²) in [4.78, 5) is 4.56. The largest absolute Gasteiger partial charge is 0.441 e. The number of furan rings is 1. The van der Waals surface area contributed by atoms with E-state index in [0.717, 1.165) is 29.1 Å². The number of aryl methyl sites for hydroxylation is 1. The van der Waals surface area contributed by atoms with Crippen LogP contribution in [0.15, 0.2) is 34.7 Å². The number of imidazole rings is 1. The third-order valence-corrected chi connectivity index (χ3v) is 3.09. The first-order valence-corrected chi connectivity index (χ1v) is 6.08. The average Bonchev–Trinajstić information content (AvgIpc) is 2.91. The van der Waals surface area contributed by atoms with Crippen molar-refractivity contribution in [3.63, 3.8) is 0 Å². The van der Waals surface area contributed by atoms with Crippen LogP contribution in [-0.2, 0) is 6.54 Å². The van der Waals surface area contributed by atoms with Gasteiger partial charge < -0.3 is 14.7 Å². The Balaban J connectivity index is 2.29. The first kappa shape index (κ1) is 11.2. The number of fused-ring (bicyclic) bond motifs is 1. The molecule has 2 aromatic heterocycles. The molecule has 0 bridgehead atoms. The highest BCUT2D eigenvalue weighted by molar-refractivity contribution is 6.28. The van der Waals surface area contributed by atoms with Crippen LogP contribution in [0.5, 0.6) is 0 Å². The summed E-state index contributed by atoms with van der Waals surface area (Å²) in [5.41, 5.74) is 8.43. The molecule has 0 radical (unpaired) electrons. The van der Waals surface area contributed by atoms with E-state index in [0.29, 0.717) is 11.0 Å². The van der Waals surface area contributed by atoms with Gasteiger partial charge in [0.15, 0.2) is 16.8 Å². The molecule has 0 saturated heterocycles. The van der Waals surface area contributed by atoms with Crippen LogP contribution in [0.2, 0.25) is 5.22 Å². The Bertz CT molecular complexity index is 714. The number of nitrogens with two attached hydrogens (primary N) is 1.